The number of carbonyl (C=O) groups is 2. The van der Waals surface area contributed by atoms with Gasteiger partial charge in [-0.25, -0.2) is 4.99 Å². The molecule has 0 saturated carbocycles. The van der Waals surface area contributed by atoms with Gasteiger partial charge in [-0.2, -0.15) is 0 Å². The summed E-state index contributed by atoms with van der Waals surface area (Å²) in [7, 11) is 0. The highest BCUT2D eigenvalue weighted by Crippen LogP contribution is 2.26. The van der Waals surface area contributed by atoms with Gasteiger partial charge in [0.15, 0.2) is 5.17 Å². The highest BCUT2D eigenvalue weighted by Gasteiger charge is 2.32. The summed E-state index contributed by atoms with van der Waals surface area (Å²) in [5, 5.41) is 6.17. The van der Waals surface area contributed by atoms with E-state index >= 15 is 0 Å². The Morgan fingerprint density at radius 1 is 1.19 bits per heavy atom. The Labute approximate surface area is 161 Å². The molecule has 2 aromatic carbocycles. The van der Waals surface area contributed by atoms with E-state index in [4.69, 9.17) is 11.6 Å². The van der Waals surface area contributed by atoms with Crippen LogP contribution in [0.5, 0.6) is 0 Å². The fourth-order valence-electron chi connectivity index (χ4n) is 2.42. The number of hydrogen-bond acceptors (Lipinski definition) is 4. The zero-order chi connectivity index (χ0) is 18.7. The van der Waals surface area contributed by atoms with E-state index in [-0.39, 0.29) is 18.2 Å². The average molecular weight is 388 g/mol. The highest BCUT2D eigenvalue weighted by molar-refractivity contribution is 8.15. The predicted octanol–water partition coefficient (Wildman–Crippen LogP) is 4.20. The number of benzene rings is 2. The monoisotopic (exact) mass is 387 g/mol. The predicted molar refractivity (Wildman–Crippen MR) is 107 cm³/mol. The molecule has 2 aromatic rings. The molecule has 1 aliphatic heterocycles. The maximum absolute atomic E-state index is 12.3. The number of rotatable bonds is 4. The third-order valence-corrected chi connectivity index (χ3v) is 5.33. The summed E-state index contributed by atoms with van der Waals surface area (Å²) < 4.78 is 0. The minimum atomic E-state index is -0.493. The molecule has 1 unspecified atom stereocenters. The van der Waals surface area contributed by atoms with Crippen LogP contribution in [0.2, 0.25) is 5.02 Å². The SMILES string of the molecule is Cc1ccc(NC(=O)CC2SC(=Nc3ccc(Cl)cc3)NC2=O)cc1C. The van der Waals surface area contributed by atoms with Crippen molar-refractivity contribution in [3.8, 4) is 0 Å². The molecule has 0 spiro atoms. The maximum atomic E-state index is 12.3. The zero-order valence-corrected chi connectivity index (χ0v) is 15.9. The lowest BCUT2D eigenvalue weighted by Gasteiger charge is -2.09. The first-order chi connectivity index (χ1) is 12.4. The molecule has 1 fully saturated rings. The van der Waals surface area contributed by atoms with Crippen LogP contribution in [0.15, 0.2) is 47.5 Å². The van der Waals surface area contributed by atoms with Crippen LogP contribution in [0.4, 0.5) is 11.4 Å². The molecule has 0 aliphatic carbocycles. The van der Waals surface area contributed by atoms with Gasteiger partial charge in [-0.05, 0) is 61.4 Å². The Morgan fingerprint density at radius 2 is 1.92 bits per heavy atom. The zero-order valence-electron chi connectivity index (χ0n) is 14.4. The minimum Gasteiger partial charge on any atom is -0.326 e. The molecule has 0 bridgehead atoms. The lowest BCUT2D eigenvalue weighted by Crippen LogP contribution is -2.28. The van der Waals surface area contributed by atoms with Gasteiger partial charge in [0.25, 0.3) is 0 Å². The third-order valence-electron chi connectivity index (χ3n) is 4.00. The Morgan fingerprint density at radius 3 is 2.62 bits per heavy atom. The van der Waals surface area contributed by atoms with E-state index in [1.807, 2.05) is 32.0 Å². The largest absolute Gasteiger partial charge is 0.326 e. The Kier molecular flexibility index (Phi) is 5.64. The van der Waals surface area contributed by atoms with Crippen molar-refractivity contribution in [1.29, 1.82) is 0 Å². The molecule has 1 saturated heterocycles. The molecule has 1 atom stereocenters. The molecule has 1 heterocycles. The van der Waals surface area contributed by atoms with Crippen molar-refractivity contribution in [3.05, 3.63) is 58.6 Å². The fraction of sp³-hybridized carbons (Fsp3) is 0.211. The number of carbonyl (C=O) groups excluding carboxylic acids is 2. The van der Waals surface area contributed by atoms with Crippen LogP contribution in [0.1, 0.15) is 17.5 Å². The van der Waals surface area contributed by atoms with Gasteiger partial charge in [-0.3, -0.25) is 9.59 Å². The van der Waals surface area contributed by atoms with E-state index < -0.39 is 5.25 Å². The van der Waals surface area contributed by atoms with Gasteiger partial charge in [-0.1, -0.05) is 29.4 Å². The maximum Gasteiger partial charge on any atom is 0.240 e. The number of hydrogen-bond donors (Lipinski definition) is 2. The number of amides is 2. The summed E-state index contributed by atoms with van der Waals surface area (Å²) in [6.45, 7) is 4.01. The van der Waals surface area contributed by atoms with E-state index in [1.54, 1.807) is 24.3 Å². The number of halogens is 1. The van der Waals surface area contributed by atoms with Crippen LogP contribution in [0.3, 0.4) is 0 Å². The first kappa shape index (κ1) is 18.5. The number of aryl methyl sites for hydroxylation is 2. The molecule has 134 valence electrons. The number of thioether (sulfide) groups is 1. The molecular formula is C19H18ClN3O2S. The van der Waals surface area contributed by atoms with Crippen LogP contribution < -0.4 is 10.6 Å². The number of nitrogens with one attached hydrogen (secondary N) is 2. The van der Waals surface area contributed by atoms with Crippen molar-refractivity contribution in [2.24, 2.45) is 4.99 Å². The molecule has 5 nitrogen and oxygen atoms in total. The standard InChI is InChI=1S/C19H18ClN3O2S/c1-11-3-6-15(9-12(11)2)21-17(24)10-16-18(25)23-19(26-16)22-14-7-4-13(20)5-8-14/h3-9,16H,10H2,1-2H3,(H,21,24)(H,22,23,25). The Hall–Kier alpha value is -2.31. The highest BCUT2D eigenvalue weighted by atomic mass is 35.5. The molecule has 2 amide bonds. The van der Waals surface area contributed by atoms with Crippen molar-refractivity contribution in [2.45, 2.75) is 25.5 Å². The summed E-state index contributed by atoms with van der Waals surface area (Å²) in [5.74, 6) is -0.411. The van der Waals surface area contributed by atoms with Crippen molar-refractivity contribution < 1.29 is 9.59 Å². The van der Waals surface area contributed by atoms with E-state index in [0.29, 0.717) is 15.9 Å². The molecular weight excluding hydrogens is 370 g/mol. The van der Waals surface area contributed by atoms with Crippen LogP contribution in [-0.2, 0) is 9.59 Å². The second-order valence-corrected chi connectivity index (χ2v) is 7.67. The summed E-state index contributed by atoms with van der Waals surface area (Å²) in [4.78, 5) is 28.7. The van der Waals surface area contributed by atoms with Gasteiger partial charge < -0.3 is 10.6 Å². The van der Waals surface area contributed by atoms with Crippen LogP contribution in [-0.4, -0.2) is 22.2 Å². The lowest BCUT2D eigenvalue weighted by atomic mass is 10.1. The van der Waals surface area contributed by atoms with Gasteiger partial charge in [0.1, 0.15) is 5.25 Å². The van der Waals surface area contributed by atoms with Crippen LogP contribution in [0.25, 0.3) is 0 Å². The van der Waals surface area contributed by atoms with Crippen LogP contribution >= 0.6 is 23.4 Å². The van der Waals surface area contributed by atoms with Crippen molar-refractivity contribution in [1.82, 2.24) is 5.32 Å². The number of aliphatic imine (C=N–C) groups is 1. The molecule has 7 heteroatoms. The smallest absolute Gasteiger partial charge is 0.240 e. The molecule has 2 N–H and O–H groups in total. The van der Waals surface area contributed by atoms with E-state index in [9.17, 15) is 9.59 Å². The average Bonchev–Trinajstić information content (AvgIpc) is 2.92. The number of amidine groups is 1. The molecule has 0 aromatic heterocycles. The van der Waals surface area contributed by atoms with Gasteiger partial charge in [0.05, 0.1) is 5.69 Å². The van der Waals surface area contributed by atoms with Gasteiger partial charge in [-0.15, -0.1) is 0 Å². The van der Waals surface area contributed by atoms with Crippen LogP contribution in [0, 0.1) is 13.8 Å². The first-order valence-electron chi connectivity index (χ1n) is 8.09. The topological polar surface area (TPSA) is 70.6 Å². The molecule has 1 aliphatic rings. The lowest BCUT2D eigenvalue weighted by molar-refractivity contribution is -0.122. The first-order valence-corrected chi connectivity index (χ1v) is 9.35. The normalized spacial score (nSPS) is 18.0. The van der Waals surface area contributed by atoms with Gasteiger partial charge >= 0.3 is 0 Å². The van der Waals surface area contributed by atoms with Crippen molar-refractivity contribution >= 4 is 51.7 Å². The summed E-state index contributed by atoms with van der Waals surface area (Å²) >= 11 is 7.11. The van der Waals surface area contributed by atoms with E-state index in [1.165, 1.54) is 11.8 Å². The minimum absolute atomic E-state index is 0.0864. The Balaban J connectivity index is 1.61. The number of nitrogens with zero attached hydrogens (tertiary/aromatic N) is 1. The van der Waals surface area contributed by atoms with Crippen molar-refractivity contribution in [3.63, 3.8) is 0 Å². The molecule has 26 heavy (non-hydrogen) atoms. The fourth-order valence-corrected chi connectivity index (χ4v) is 3.54. The van der Waals surface area contributed by atoms with Gasteiger partial charge in [0.2, 0.25) is 11.8 Å². The number of anilines is 1. The Bertz CT molecular complexity index is 881. The summed E-state index contributed by atoms with van der Waals surface area (Å²) in [6, 6.07) is 12.7. The molecule has 0 radical (unpaired) electrons. The van der Waals surface area contributed by atoms with Crippen molar-refractivity contribution in [2.75, 3.05) is 5.32 Å². The van der Waals surface area contributed by atoms with E-state index in [2.05, 4.69) is 15.6 Å². The quantitative estimate of drug-likeness (QED) is 0.825. The molecule has 3 rings (SSSR count). The summed E-state index contributed by atoms with van der Waals surface area (Å²) in [6.07, 6.45) is 0.0864. The van der Waals surface area contributed by atoms with Gasteiger partial charge in [0, 0.05) is 17.1 Å². The third kappa shape index (κ3) is 4.65. The second-order valence-electron chi connectivity index (χ2n) is 6.04. The second kappa shape index (κ2) is 7.93. The van der Waals surface area contributed by atoms with E-state index in [0.717, 1.165) is 16.8 Å². The summed E-state index contributed by atoms with van der Waals surface area (Å²) in [5.41, 5.74) is 3.69.